The van der Waals surface area contributed by atoms with Gasteiger partial charge in [-0.25, -0.2) is 4.79 Å². The third-order valence-corrected chi connectivity index (χ3v) is 3.73. The Labute approximate surface area is 80.7 Å². The summed E-state index contributed by atoms with van der Waals surface area (Å²) in [5, 5.41) is 2.95. The summed E-state index contributed by atoms with van der Waals surface area (Å²) in [5.41, 5.74) is 0. The second-order valence-corrected chi connectivity index (χ2v) is 5.21. The summed E-state index contributed by atoms with van der Waals surface area (Å²) in [4.78, 5) is 15.4. The standard InChI is InChI=1S/C9H14NO2S/c1-4-12-9(11)8-10-5-6-13(8)7(2)3/h5-7H,4H2,1-3H3/q+1. The van der Waals surface area contributed by atoms with Crippen molar-refractivity contribution in [1.29, 1.82) is 0 Å². The molecule has 1 atom stereocenters. The van der Waals surface area contributed by atoms with E-state index in [1.807, 2.05) is 5.38 Å². The molecule has 1 aromatic rings. The fraction of sp³-hybridized carbons (Fsp3) is 0.556. The molecule has 0 aliphatic carbocycles. The maximum Gasteiger partial charge on any atom is 0.412 e. The van der Waals surface area contributed by atoms with E-state index in [0.717, 1.165) is 0 Å². The van der Waals surface area contributed by atoms with E-state index in [-0.39, 0.29) is 16.4 Å². The maximum atomic E-state index is 11.4. The van der Waals surface area contributed by atoms with Gasteiger partial charge in [0, 0.05) is 10.5 Å². The topological polar surface area (TPSA) is 39.2 Å². The van der Waals surface area contributed by atoms with E-state index in [9.17, 15) is 4.79 Å². The van der Waals surface area contributed by atoms with E-state index >= 15 is 0 Å². The van der Waals surface area contributed by atoms with Crippen molar-refractivity contribution in [3.8, 4) is 0 Å². The van der Waals surface area contributed by atoms with Crippen molar-refractivity contribution in [2.45, 2.75) is 26.0 Å². The van der Waals surface area contributed by atoms with Crippen molar-refractivity contribution >= 4 is 16.4 Å². The van der Waals surface area contributed by atoms with E-state index < -0.39 is 0 Å². The molecule has 1 aromatic heterocycles. The molecule has 0 aromatic carbocycles. The SMILES string of the molecule is CCOC(=O)c1ncc[s+]1C(C)C. The molecule has 0 fully saturated rings. The predicted molar refractivity (Wildman–Crippen MR) is 53.1 cm³/mol. The van der Waals surface area contributed by atoms with E-state index in [1.54, 1.807) is 13.1 Å². The number of ether oxygens (including phenoxy) is 1. The van der Waals surface area contributed by atoms with Gasteiger partial charge in [-0.2, -0.15) is 4.98 Å². The summed E-state index contributed by atoms with van der Waals surface area (Å²) in [6.07, 6.45) is 1.69. The minimum absolute atomic E-state index is 0.153. The molecule has 0 saturated carbocycles. The zero-order valence-electron chi connectivity index (χ0n) is 8.11. The smallest absolute Gasteiger partial charge is 0.412 e. The third-order valence-electron chi connectivity index (χ3n) is 1.58. The van der Waals surface area contributed by atoms with Crippen molar-refractivity contribution in [2.24, 2.45) is 0 Å². The van der Waals surface area contributed by atoms with E-state index in [2.05, 4.69) is 18.8 Å². The Balaban J connectivity index is 2.87. The monoisotopic (exact) mass is 200 g/mol. The fourth-order valence-corrected chi connectivity index (χ4v) is 2.53. The number of hydrogen-bond donors (Lipinski definition) is 0. The zero-order valence-corrected chi connectivity index (χ0v) is 8.93. The average Bonchev–Trinajstić information content (AvgIpc) is 2.52. The van der Waals surface area contributed by atoms with Gasteiger partial charge in [0.25, 0.3) is 0 Å². The summed E-state index contributed by atoms with van der Waals surface area (Å²) in [6, 6.07) is 0. The van der Waals surface area contributed by atoms with Crippen molar-refractivity contribution in [3.63, 3.8) is 0 Å². The van der Waals surface area contributed by atoms with Crippen LogP contribution < -0.4 is 0 Å². The first-order valence-corrected chi connectivity index (χ1v) is 5.65. The van der Waals surface area contributed by atoms with Gasteiger partial charge in [-0.05, 0) is 20.8 Å². The summed E-state index contributed by atoms with van der Waals surface area (Å²) in [6.45, 7) is 6.36. The molecular weight excluding hydrogens is 186 g/mol. The Hall–Kier alpha value is -0.900. The van der Waals surface area contributed by atoms with Crippen LogP contribution in [0, 0.1) is 0 Å². The highest BCUT2D eigenvalue weighted by molar-refractivity contribution is 7.31. The number of esters is 1. The van der Waals surface area contributed by atoms with Crippen LogP contribution in [-0.4, -0.2) is 17.6 Å². The molecule has 3 nitrogen and oxygen atoms in total. The number of hydrogen-bond acceptors (Lipinski definition) is 3. The molecule has 4 heteroatoms. The van der Waals surface area contributed by atoms with Gasteiger partial charge in [-0.1, -0.05) is 0 Å². The summed E-state index contributed by atoms with van der Waals surface area (Å²) >= 11 is 0. The molecule has 0 spiro atoms. The molecule has 0 amide bonds. The molecule has 0 aliphatic rings. The molecule has 1 rings (SSSR count). The normalized spacial score (nSPS) is 11.8. The number of thiazole rings is 1. The quantitative estimate of drug-likeness (QED) is 0.556. The summed E-state index contributed by atoms with van der Waals surface area (Å²) in [7, 11) is -0.153. The Kier molecular flexibility index (Phi) is 3.42. The van der Waals surface area contributed by atoms with Crippen LogP contribution in [-0.2, 0) is 4.74 Å². The largest absolute Gasteiger partial charge is 0.458 e. The van der Waals surface area contributed by atoms with E-state index in [1.165, 1.54) is 0 Å². The number of aromatic nitrogens is 1. The van der Waals surface area contributed by atoms with Crippen LogP contribution in [0.4, 0.5) is 0 Å². The van der Waals surface area contributed by atoms with E-state index in [4.69, 9.17) is 4.74 Å². The van der Waals surface area contributed by atoms with Gasteiger partial charge in [0.15, 0.2) is 5.38 Å². The fourth-order valence-electron chi connectivity index (χ4n) is 1.01. The molecule has 72 valence electrons. The van der Waals surface area contributed by atoms with Gasteiger partial charge in [0.1, 0.15) is 5.25 Å². The zero-order chi connectivity index (χ0) is 9.84. The van der Waals surface area contributed by atoms with Gasteiger partial charge in [0.05, 0.1) is 12.8 Å². The number of carbonyl (C=O) groups is 1. The van der Waals surface area contributed by atoms with Crippen LogP contribution in [0.15, 0.2) is 11.6 Å². The second kappa shape index (κ2) is 4.37. The first-order chi connectivity index (χ1) is 6.16. The van der Waals surface area contributed by atoms with Gasteiger partial charge in [-0.15, -0.1) is 0 Å². The minimum Gasteiger partial charge on any atom is -0.458 e. The van der Waals surface area contributed by atoms with Crippen molar-refractivity contribution in [1.82, 2.24) is 4.98 Å². The van der Waals surface area contributed by atoms with Gasteiger partial charge >= 0.3 is 11.0 Å². The van der Waals surface area contributed by atoms with Crippen LogP contribution in [0.3, 0.4) is 0 Å². The lowest BCUT2D eigenvalue weighted by Gasteiger charge is -1.97. The van der Waals surface area contributed by atoms with Crippen LogP contribution in [0.25, 0.3) is 0 Å². The summed E-state index contributed by atoms with van der Waals surface area (Å²) < 4.78 is 4.90. The van der Waals surface area contributed by atoms with Crippen LogP contribution in [0.5, 0.6) is 0 Å². The minimum atomic E-state index is -0.274. The summed E-state index contributed by atoms with van der Waals surface area (Å²) in [5.74, 6) is -0.274. The highest BCUT2D eigenvalue weighted by Crippen LogP contribution is 2.33. The molecule has 0 aliphatic heterocycles. The molecule has 1 unspecified atom stereocenters. The lowest BCUT2D eigenvalue weighted by molar-refractivity contribution is 0.0525. The van der Waals surface area contributed by atoms with Crippen LogP contribution in [0.1, 0.15) is 35.8 Å². The van der Waals surface area contributed by atoms with Crippen molar-refractivity contribution in [2.75, 3.05) is 6.61 Å². The van der Waals surface area contributed by atoms with Crippen molar-refractivity contribution < 1.29 is 9.53 Å². The van der Waals surface area contributed by atoms with Crippen LogP contribution in [0.2, 0.25) is 0 Å². The molecule has 13 heavy (non-hydrogen) atoms. The highest BCUT2D eigenvalue weighted by Gasteiger charge is 2.26. The molecular formula is C9H14NO2S+. The third kappa shape index (κ3) is 2.28. The Morgan fingerprint density at radius 1 is 1.69 bits per heavy atom. The second-order valence-electron chi connectivity index (χ2n) is 2.86. The predicted octanol–water partition coefficient (Wildman–Crippen LogP) is 2.59. The molecule has 0 radical (unpaired) electrons. The lowest BCUT2D eigenvalue weighted by Crippen LogP contribution is -2.05. The molecule has 0 bridgehead atoms. The number of nitrogens with zero attached hydrogens (tertiary/aromatic N) is 1. The maximum absolute atomic E-state index is 11.4. The Morgan fingerprint density at radius 2 is 2.38 bits per heavy atom. The first-order valence-electron chi connectivity index (χ1n) is 4.30. The molecule has 0 N–H and O–H groups in total. The lowest BCUT2D eigenvalue weighted by atomic mass is 10.6. The van der Waals surface area contributed by atoms with Gasteiger partial charge in [-0.3, -0.25) is 0 Å². The molecule has 1 heterocycles. The Bertz CT molecular complexity index is 294. The van der Waals surface area contributed by atoms with Crippen molar-refractivity contribution in [3.05, 3.63) is 16.6 Å². The number of rotatable bonds is 3. The highest BCUT2D eigenvalue weighted by atomic mass is 32.2. The van der Waals surface area contributed by atoms with Gasteiger partial charge < -0.3 is 4.74 Å². The Morgan fingerprint density at radius 3 is 2.92 bits per heavy atom. The van der Waals surface area contributed by atoms with E-state index in [0.29, 0.717) is 16.9 Å². The average molecular weight is 200 g/mol. The van der Waals surface area contributed by atoms with Gasteiger partial charge in [0.2, 0.25) is 0 Å². The van der Waals surface area contributed by atoms with Crippen LogP contribution >= 0.6 is 10.5 Å². The molecule has 0 saturated heterocycles. The first kappa shape index (κ1) is 10.2. The number of carbonyl (C=O) groups excluding carboxylic acids is 1.